The van der Waals surface area contributed by atoms with Crippen LogP contribution in [0.15, 0.2) is 60.8 Å². The maximum Gasteiger partial charge on any atom is 0.225 e. The summed E-state index contributed by atoms with van der Waals surface area (Å²) in [5, 5.41) is 3.02. The summed E-state index contributed by atoms with van der Waals surface area (Å²) < 4.78 is 5.24. The number of rotatable bonds is 6. The van der Waals surface area contributed by atoms with Crippen molar-refractivity contribution in [3.8, 4) is 28.3 Å². The maximum absolute atomic E-state index is 12.7. The van der Waals surface area contributed by atoms with Gasteiger partial charge in [-0.15, -0.1) is 0 Å². The van der Waals surface area contributed by atoms with Crippen LogP contribution in [0.1, 0.15) is 38.5 Å². The highest BCUT2D eigenvalue weighted by molar-refractivity contribution is 5.93. The minimum atomic E-state index is 0.0191. The van der Waals surface area contributed by atoms with Crippen LogP contribution < -0.4 is 10.1 Å². The van der Waals surface area contributed by atoms with Crippen molar-refractivity contribution in [2.75, 3.05) is 12.4 Å². The highest BCUT2D eigenvalue weighted by Crippen LogP contribution is 2.30. The Hall–Kier alpha value is -3.21. The number of anilines is 1. The Bertz CT molecular complexity index is 981. The van der Waals surface area contributed by atoms with E-state index >= 15 is 0 Å². The number of benzene rings is 2. The van der Waals surface area contributed by atoms with Crippen molar-refractivity contribution < 1.29 is 9.53 Å². The monoisotopic (exact) mass is 401 g/mol. The molecule has 1 heterocycles. The largest absolute Gasteiger partial charge is 0.497 e. The Morgan fingerprint density at radius 2 is 1.73 bits per heavy atom. The highest BCUT2D eigenvalue weighted by Gasteiger charge is 2.19. The third-order valence-corrected chi connectivity index (χ3v) is 5.66. The van der Waals surface area contributed by atoms with Crippen LogP contribution in [0.25, 0.3) is 22.5 Å². The first-order valence-corrected chi connectivity index (χ1v) is 10.6. The summed E-state index contributed by atoms with van der Waals surface area (Å²) in [6.07, 6.45) is 8.28. The fourth-order valence-electron chi connectivity index (χ4n) is 4.02. The second kappa shape index (κ2) is 9.53. The third-order valence-electron chi connectivity index (χ3n) is 5.66. The summed E-state index contributed by atoms with van der Waals surface area (Å²) in [4.78, 5) is 22.1. The number of aromatic nitrogens is 2. The van der Waals surface area contributed by atoms with Crippen LogP contribution in [-0.2, 0) is 4.79 Å². The first-order chi connectivity index (χ1) is 14.7. The molecular weight excluding hydrogens is 374 g/mol. The molecule has 5 nitrogen and oxygen atoms in total. The molecule has 1 amide bonds. The van der Waals surface area contributed by atoms with Gasteiger partial charge in [0.05, 0.1) is 19.0 Å². The topological polar surface area (TPSA) is 64.1 Å². The van der Waals surface area contributed by atoms with Crippen molar-refractivity contribution in [3.05, 3.63) is 60.8 Å². The molecule has 0 saturated heterocycles. The summed E-state index contributed by atoms with van der Waals surface area (Å²) in [6, 6.07) is 17.6. The number of methoxy groups -OCH3 is 1. The molecule has 0 atom stereocenters. The van der Waals surface area contributed by atoms with E-state index in [-0.39, 0.29) is 5.91 Å². The third kappa shape index (κ3) is 4.85. The molecule has 0 aliphatic heterocycles. The van der Waals surface area contributed by atoms with E-state index in [0.29, 0.717) is 23.9 Å². The molecule has 0 bridgehead atoms. The maximum atomic E-state index is 12.7. The molecule has 5 heteroatoms. The number of nitrogens with zero attached hydrogens (tertiary/aromatic N) is 2. The van der Waals surface area contributed by atoms with Crippen molar-refractivity contribution in [2.45, 2.75) is 38.5 Å². The van der Waals surface area contributed by atoms with Gasteiger partial charge in [-0.2, -0.15) is 0 Å². The Morgan fingerprint density at radius 3 is 2.43 bits per heavy atom. The van der Waals surface area contributed by atoms with Crippen molar-refractivity contribution in [1.29, 1.82) is 0 Å². The van der Waals surface area contributed by atoms with Gasteiger partial charge in [0, 0.05) is 17.5 Å². The molecule has 1 N–H and O–H groups in total. The van der Waals surface area contributed by atoms with Gasteiger partial charge >= 0.3 is 0 Å². The van der Waals surface area contributed by atoms with Crippen molar-refractivity contribution >= 4 is 11.7 Å². The van der Waals surface area contributed by atoms with Crippen LogP contribution in [0, 0.1) is 5.92 Å². The number of carbonyl (C=O) groups is 1. The van der Waals surface area contributed by atoms with E-state index in [2.05, 4.69) is 10.3 Å². The summed E-state index contributed by atoms with van der Waals surface area (Å²) in [5.41, 5.74) is 3.30. The molecule has 0 unspecified atom stereocenters. The zero-order chi connectivity index (χ0) is 20.8. The van der Waals surface area contributed by atoms with Crippen LogP contribution in [0.2, 0.25) is 0 Å². The molecular formula is C25H27N3O2. The van der Waals surface area contributed by atoms with Gasteiger partial charge in [-0.1, -0.05) is 49.6 Å². The Balaban J connectivity index is 1.61. The minimum Gasteiger partial charge on any atom is -0.497 e. The second-order valence-corrected chi connectivity index (χ2v) is 7.80. The Labute approximate surface area is 177 Å². The fourth-order valence-corrected chi connectivity index (χ4v) is 4.02. The lowest BCUT2D eigenvalue weighted by molar-refractivity contribution is -0.117. The number of carbonyl (C=O) groups excluding carboxylic acids is 1. The average molecular weight is 402 g/mol. The van der Waals surface area contributed by atoms with E-state index in [1.165, 1.54) is 19.3 Å². The lowest BCUT2D eigenvalue weighted by Gasteiger charge is -2.21. The van der Waals surface area contributed by atoms with Crippen LogP contribution in [-0.4, -0.2) is 23.0 Å². The van der Waals surface area contributed by atoms with Gasteiger partial charge in [-0.05, 0) is 43.0 Å². The van der Waals surface area contributed by atoms with Gasteiger partial charge in [0.25, 0.3) is 0 Å². The lowest BCUT2D eigenvalue weighted by Crippen LogP contribution is -2.19. The van der Waals surface area contributed by atoms with Crippen LogP contribution >= 0.6 is 0 Å². The standard InChI is InChI=1S/C25H27N3O2/c1-30-21-14-12-19(13-15-21)22-17-26-25(24(27-22)20-10-6-3-7-11-20)28-23(29)16-18-8-4-2-5-9-18/h3,6-7,10-15,17-18H,2,4-5,8-9,16H2,1H3,(H,26,28,29). The minimum absolute atomic E-state index is 0.0191. The number of hydrogen-bond acceptors (Lipinski definition) is 4. The van der Waals surface area contributed by atoms with E-state index in [9.17, 15) is 4.79 Å². The summed E-state index contributed by atoms with van der Waals surface area (Å²) >= 11 is 0. The number of ether oxygens (including phenoxy) is 1. The molecule has 1 fully saturated rings. The zero-order valence-corrected chi connectivity index (χ0v) is 17.3. The molecule has 4 rings (SSSR count). The smallest absolute Gasteiger partial charge is 0.225 e. The number of amides is 1. The van der Waals surface area contributed by atoms with E-state index in [1.807, 2.05) is 54.6 Å². The predicted octanol–water partition coefficient (Wildman–Crippen LogP) is 5.73. The normalized spacial score (nSPS) is 14.3. The lowest BCUT2D eigenvalue weighted by atomic mass is 9.87. The van der Waals surface area contributed by atoms with Gasteiger partial charge in [0.2, 0.25) is 5.91 Å². The Kier molecular flexibility index (Phi) is 6.38. The molecule has 1 aliphatic rings. The summed E-state index contributed by atoms with van der Waals surface area (Å²) in [7, 11) is 1.65. The molecule has 154 valence electrons. The van der Waals surface area contributed by atoms with E-state index in [0.717, 1.165) is 35.4 Å². The fraction of sp³-hybridized carbons (Fsp3) is 0.320. The van der Waals surface area contributed by atoms with Crippen LogP contribution in [0.5, 0.6) is 5.75 Å². The van der Waals surface area contributed by atoms with Gasteiger partial charge in [-0.25, -0.2) is 9.97 Å². The average Bonchev–Trinajstić information content (AvgIpc) is 2.80. The van der Waals surface area contributed by atoms with Crippen molar-refractivity contribution in [2.24, 2.45) is 5.92 Å². The van der Waals surface area contributed by atoms with E-state index in [1.54, 1.807) is 13.3 Å². The second-order valence-electron chi connectivity index (χ2n) is 7.80. The van der Waals surface area contributed by atoms with E-state index < -0.39 is 0 Å². The molecule has 1 aromatic heterocycles. The van der Waals surface area contributed by atoms with Gasteiger partial charge < -0.3 is 10.1 Å². The Morgan fingerprint density at radius 1 is 1.00 bits per heavy atom. The van der Waals surface area contributed by atoms with Crippen molar-refractivity contribution in [3.63, 3.8) is 0 Å². The quantitative estimate of drug-likeness (QED) is 0.573. The number of nitrogens with one attached hydrogen (secondary N) is 1. The molecule has 1 aliphatic carbocycles. The van der Waals surface area contributed by atoms with Gasteiger partial charge in [0.15, 0.2) is 5.82 Å². The van der Waals surface area contributed by atoms with E-state index in [4.69, 9.17) is 9.72 Å². The molecule has 2 aromatic carbocycles. The first-order valence-electron chi connectivity index (χ1n) is 10.6. The SMILES string of the molecule is COc1ccc(-c2cnc(NC(=O)CC3CCCCC3)c(-c3ccccc3)n2)cc1. The predicted molar refractivity (Wildman–Crippen MR) is 119 cm³/mol. The molecule has 3 aromatic rings. The molecule has 30 heavy (non-hydrogen) atoms. The first kappa shape index (κ1) is 20.1. The van der Waals surface area contributed by atoms with Gasteiger partial charge in [-0.3, -0.25) is 4.79 Å². The summed E-state index contributed by atoms with van der Waals surface area (Å²) in [6.45, 7) is 0. The van der Waals surface area contributed by atoms with Crippen LogP contribution in [0.3, 0.4) is 0 Å². The molecule has 1 saturated carbocycles. The highest BCUT2D eigenvalue weighted by atomic mass is 16.5. The summed E-state index contributed by atoms with van der Waals surface area (Å²) in [5.74, 6) is 1.80. The van der Waals surface area contributed by atoms with Crippen LogP contribution in [0.4, 0.5) is 5.82 Å². The number of hydrogen-bond donors (Lipinski definition) is 1. The molecule has 0 spiro atoms. The molecule has 0 radical (unpaired) electrons. The van der Waals surface area contributed by atoms with Crippen molar-refractivity contribution in [1.82, 2.24) is 9.97 Å². The zero-order valence-electron chi connectivity index (χ0n) is 17.3. The van der Waals surface area contributed by atoms with Gasteiger partial charge in [0.1, 0.15) is 11.4 Å².